The predicted octanol–water partition coefficient (Wildman–Crippen LogP) is 2.71. The minimum Gasteiger partial charge on any atom is -0.491 e. The number of likely N-dealkylation sites (tertiary alicyclic amines) is 1. The average Bonchev–Trinajstić information content (AvgIpc) is 2.41. The summed E-state index contributed by atoms with van der Waals surface area (Å²) >= 11 is 11.8. The van der Waals surface area contributed by atoms with Crippen LogP contribution in [0.5, 0.6) is 5.75 Å². The molecule has 0 aliphatic carbocycles. The molecule has 1 amide bonds. The summed E-state index contributed by atoms with van der Waals surface area (Å²) in [6.45, 7) is 1.72. The number of halogens is 2. The first-order valence-electron chi connectivity index (χ1n) is 6.67. The van der Waals surface area contributed by atoms with E-state index in [9.17, 15) is 4.79 Å². The maximum atomic E-state index is 12.0. The van der Waals surface area contributed by atoms with E-state index in [2.05, 4.69) is 0 Å². The fraction of sp³-hybridized carbons (Fsp3) is 0.500. The number of nitrogens with zero attached hydrogens (tertiary/aromatic N) is 1. The molecule has 0 bridgehead atoms. The van der Waals surface area contributed by atoms with E-state index in [0.29, 0.717) is 35.4 Å². The Labute approximate surface area is 128 Å². The van der Waals surface area contributed by atoms with Gasteiger partial charge in [0, 0.05) is 24.2 Å². The number of amides is 1. The molecule has 1 aliphatic rings. The van der Waals surface area contributed by atoms with Gasteiger partial charge in [-0.05, 0) is 31.0 Å². The molecular weight excluding hydrogens is 299 g/mol. The zero-order valence-corrected chi connectivity index (χ0v) is 12.7. The number of rotatable bonds is 4. The van der Waals surface area contributed by atoms with Gasteiger partial charge in [0.15, 0.2) is 0 Å². The molecule has 4 nitrogen and oxygen atoms in total. The van der Waals surface area contributed by atoms with Crippen LogP contribution in [0.3, 0.4) is 0 Å². The van der Waals surface area contributed by atoms with Gasteiger partial charge in [-0.3, -0.25) is 4.79 Å². The van der Waals surface area contributed by atoms with Gasteiger partial charge < -0.3 is 15.4 Å². The molecule has 1 saturated heterocycles. The summed E-state index contributed by atoms with van der Waals surface area (Å²) in [6, 6.07) is 5.11. The van der Waals surface area contributed by atoms with Gasteiger partial charge in [0.2, 0.25) is 5.91 Å². The first-order valence-corrected chi connectivity index (χ1v) is 7.43. The monoisotopic (exact) mass is 316 g/mol. The fourth-order valence-electron chi connectivity index (χ4n) is 2.24. The van der Waals surface area contributed by atoms with Gasteiger partial charge >= 0.3 is 0 Å². The highest BCUT2D eigenvalue weighted by Gasteiger charge is 2.20. The quantitative estimate of drug-likeness (QED) is 0.929. The molecule has 110 valence electrons. The molecule has 20 heavy (non-hydrogen) atoms. The molecule has 1 aliphatic heterocycles. The van der Waals surface area contributed by atoms with Crippen LogP contribution in [0.1, 0.15) is 19.3 Å². The van der Waals surface area contributed by atoms with Gasteiger partial charge in [0.25, 0.3) is 0 Å². The molecule has 1 heterocycles. The molecule has 2 rings (SSSR count). The van der Waals surface area contributed by atoms with Crippen LogP contribution in [0.4, 0.5) is 0 Å². The molecule has 6 heteroatoms. The highest BCUT2D eigenvalue weighted by atomic mass is 35.5. The second-order valence-electron chi connectivity index (χ2n) is 4.92. The number of ether oxygens (including phenoxy) is 1. The Balaban J connectivity index is 1.79. The third-order valence-electron chi connectivity index (χ3n) is 3.28. The van der Waals surface area contributed by atoms with Crippen molar-refractivity contribution < 1.29 is 9.53 Å². The van der Waals surface area contributed by atoms with Crippen molar-refractivity contribution in [3.05, 3.63) is 28.2 Å². The summed E-state index contributed by atoms with van der Waals surface area (Å²) in [4.78, 5) is 13.8. The zero-order chi connectivity index (χ0) is 14.5. The van der Waals surface area contributed by atoms with Crippen molar-refractivity contribution in [3.8, 4) is 5.75 Å². The third-order valence-corrected chi connectivity index (χ3v) is 3.81. The Hall–Kier alpha value is -0.970. The summed E-state index contributed by atoms with van der Waals surface area (Å²) in [7, 11) is 0. The smallest absolute Gasteiger partial charge is 0.226 e. The van der Waals surface area contributed by atoms with Crippen molar-refractivity contribution in [1.82, 2.24) is 4.90 Å². The van der Waals surface area contributed by atoms with Gasteiger partial charge in [-0.25, -0.2) is 0 Å². The summed E-state index contributed by atoms with van der Waals surface area (Å²) in [5.41, 5.74) is 5.86. The van der Waals surface area contributed by atoms with Crippen molar-refractivity contribution in [2.24, 2.45) is 5.73 Å². The number of piperidine rings is 1. The van der Waals surface area contributed by atoms with Crippen LogP contribution in [0, 0.1) is 0 Å². The largest absolute Gasteiger partial charge is 0.491 e. The van der Waals surface area contributed by atoms with Crippen LogP contribution >= 0.6 is 23.2 Å². The number of benzene rings is 1. The molecule has 0 radical (unpaired) electrons. The summed E-state index contributed by atoms with van der Waals surface area (Å²) in [5, 5.41) is 1.01. The van der Waals surface area contributed by atoms with E-state index in [1.807, 2.05) is 0 Å². The third kappa shape index (κ3) is 4.27. The molecule has 0 saturated carbocycles. The van der Waals surface area contributed by atoms with Crippen LogP contribution in [0.15, 0.2) is 18.2 Å². The molecular formula is C14H18Cl2N2O2. The van der Waals surface area contributed by atoms with E-state index in [0.717, 1.165) is 19.4 Å². The predicted molar refractivity (Wildman–Crippen MR) is 80.4 cm³/mol. The lowest BCUT2D eigenvalue weighted by Crippen LogP contribution is -2.46. The number of nitrogens with two attached hydrogens (primary N) is 1. The van der Waals surface area contributed by atoms with Crippen molar-refractivity contribution in [3.63, 3.8) is 0 Å². The number of carbonyl (C=O) groups is 1. The molecule has 0 aromatic heterocycles. The number of carbonyl (C=O) groups excluding carboxylic acids is 1. The Kier molecular flexibility index (Phi) is 5.52. The molecule has 0 spiro atoms. The Morgan fingerprint density at radius 3 is 2.95 bits per heavy atom. The van der Waals surface area contributed by atoms with Crippen LogP contribution in [0.2, 0.25) is 10.0 Å². The highest BCUT2D eigenvalue weighted by molar-refractivity contribution is 6.35. The lowest BCUT2D eigenvalue weighted by molar-refractivity contribution is -0.132. The molecule has 1 aromatic carbocycles. The van der Waals surface area contributed by atoms with E-state index in [4.69, 9.17) is 33.7 Å². The summed E-state index contributed by atoms with van der Waals surface area (Å²) in [5.74, 6) is 0.615. The Bertz CT molecular complexity index is 482. The first-order chi connectivity index (χ1) is 9.56. The van der Waals surface area contributed by atoms with Crippen LogP contribution < -0.4 is 10.5 Å². The van der Waals surface area contributed by atoms with Gasteiger partial charge in [0.05, 0.1) is 18.1 Å². The normalized spacial score (nSPS) is 18.9. The maximum Gasteiger partial charge on any atom is 0.226 e. The van der Waals surface area contributed by atoms with E-state index < -0.39 is 0 Å². The van der Waals surface area contributed by atoms with E-state index >= 15 is 0 Å². The minimum atomic E-state index is 0.0743. The Morgan fingerprint density at radius 1 is 1.45 bits per heavy atom. The molecule has 2 N–H and O–H groups in total. The zero-order valence-electron chi connectivity index (χ0n) is 11.1. The van der Waals surface area contributed by atoms with E-state index in [1.165, 1.54) is 0 Å². The second-order valence-corrected chi connectivity index (χ2v) is 5.76. The van der Waals surface area contributed by atoms with Gasteiger partial charge in [-0.2, -0.15) is 0 Å². The Morgan fingerprint density at radius 2 is 2.25 bits per heavy atom. The van der Waals surface area contributed by atoms with Crippen LogP contribution in [0.25, 0.3) is 0 Å². The lowest BCUT2D eigenvalue weighted by Gasteiger charge is -2.30. The number of hydrogen-bond acceptors (Lipinski definition) is 3. The first kappa shape index (κ1) is 15.4. The number of hydrogen-bond donors (Lipinski definition) is 1. The van der Waals surface area contributed by atoms with Crippen LogP contribution in [-0.4, -0.2) is 36.5 Å². The minimum absolute atomic E-state index is 0.0743. The highest BCUT2D eigenvalue weighted by Crippen LogP contribution is 2.27. The molecule has 1 atom stereocenters. The van der Waals surface area contributed by atoms with Gasteiger partial charge in [-0.15, -0.1) is 0 Å². The molecule has 1 fully saturated rings. The second kappa shape index (κ2) is 7.16. The maximum absolute atomic E-state index is 12.0. The summed E-state index contributed by atoms with van der Waals surface area (Å²) in [6.07, 6.45) is 2.28. The van der Waals surface area contributed by atoms with E-state index in [1.54, 1.807) is 23.1 Å². The average molecular weight is 317 g/mol. The standard InChI is InChI=1S/C14H18Cl2N2O2/c15-10-3-4-13(12(16)8-10)20-7-5-14(19)18-6-1-2-11(17)9-18/h3-4,8,11H,1-2,5-7,9,17H2. The molecule has 1 unspecified atom stereocenters. The summed E-state index contributed by atoms with van der Waals surface area (Å²) < 4.78 is 5.51. The van der Waals surface area contributed by atoms with Crippen molar-refractivity contribution >= 4 is 29.1 Å². The van der Waals surface area contributed by atoms with Crippen molar-refractivity contribution in [2.45, 2.75) is 25.3 Å². The van der Waals surface area contributed by atoms with E-state index in [-0.39, 0.29) is 11.9 Å². The fourth-order valence-corrected chi connectivity index (χ4v) is 2.70. The van der Waals surface area contributed by atoms with Gasteiger partial charge in [0.1, 0.15) is 5.75 Å². The van der Waals surface area contributed by atoms with Gasteiger partial charge in [-0.1, -0.05) is 23.2 Å². The topological polar surface area (TPSA) is 55.6 Å². The lowest BCUT2D eigenvalue weighted by atomic mass is 10.1. The van der Waals surface area contributed by atoms with Crippen LogP contribution in [-0.2, 0) is 4.79 Å². The van der Waals surface area contributed by atoms with Crippen molar-refractivity contribution in [1.29, 1.82) is 0 Å². The molecule has 1 aromatic rings. The SMILES string of the molecule is NC1CCCN(C(=O)CCOc2ccc(Cl)cc2Cl)C1. The van der Waals surface area contributed by atoms with Crippen molar-refractivity contribution in [2.75, 3.05) is 19.7 Å².